The van der Waals surface area contributed by atoms with Crippen molar-refractivity contribution in [2.24, 2.45) is 0 Å². The first-order valence-corrected chi connectivity index (χ1v) is 7.41. The van der Waals surface area contributed by atoms with Crippen LogP contribution in [-0.2, 0) is 6.42 Å². The van der Waals surface area contributed by atoms with Gasteiger partial charge in [-0.05, 0) is 50.4 Å². The predicted molar refractivity (Wildman–Crippen MR) is 80.7 cm³/mol. The van der Waals surface area contributed by atoms with Gasteiger partial charge in [0.1, 0.15) is 0 Å². The fraction of sp³-hybridized carbons (Fsp3) is 0.625. The maximum atomic E-state index is 9.53. The highest BCUT2D eigenvalue weighted by molar-refractivity contribution is 5.59. The molecule has 0 aliphatic carbocycles. The Morgan fingerprint density at radius 1 is 1.37 bits per heavy atom. The van der Waals surface area contributed by atoms with E-state index in [0.29, 0.717) is 6.04 Å². The highest BCUT2D eigenvalue weighted by Gasteiger charge is 2.20. The first-order chi connectivity index (χ1) is 9.11. The van der Waals surface area contributed by atoms with Crippen molar-refractivity contribution in [3.05, 3.63) is 29.3 Å². The summed E-state index contributed by atoms with van der Waals surface area (Å²) in [5.74, 6) is 0. The molecule has 1 aliphatic heterocycles. The quantitative estimate of drug-likeness (QED) is 0.827. The standard InChI is InChI=1S/C16H26N2O/c1-4-8-17-13(3)14-5-6-16-15(10-14)7-9-18(16)11-12(2)19/h5-6,10,12-13,17,19H,4,7-9,11H2,1-3H3. The lowest BCUT2D eigenvalue weighted by Crippen LogP contribution is -2.29. The van der Waals surface area contributed by atoms with Gasteiger partial charge in [-0.2, -0.15) is 0 Å². The summed E-state index contributed by atoms with van der Waals surface area (Å²) in [7, 11) is 0. The van der Waals surface area contributed by atoms with E-state index in [1.807, 2.05) is 6.92 Å². The van der Waals surface area contributed by atoms with Crippen LogP contribution in [0.5, 0.6) is 0 Å². The van der Waals surface area contributed by atoms with E-state index in [9.17, 15) is 5.11 Å². The summed E-state index contributed by atoms with van der Waals surface area (Å²) in [4.78, 5) is 2.29. The van der Waals surface area contributed by atoms with Gasteiger partial charge < -0.3 is 15.3 Å². The minimum atomic E-state index is -0.268. The van der Waals surface area contributed by atoms with Crippen LogP contribution in [0.15, 0.2) is 18.2 Å². The van der Waals surface area contributed by atoms with Crippen LogP contribution in [0.3, 0.4) is 0 Å². The van der Waals surface area contributed by atoms with Gasteiger partial charge in [-0.3, -0.25) is 0 Å². The second-order valence-electron chi connectivity index (χ2n) is 5.61. The molecule has 2 unspecified atom stereocenters. The summed E-state index contributed by atoms with van der Waals surface area (Å²) < 4.78 is 0. The molecule has 19 heavy (non-hydrogen) atoms. The Morgan fingerprint density at radius 3 is 2.84 bits per heavy atom. The molecule has 0 saturated carbocycles. The summed E-state index contributed by atoms with van der Waals surface area (Å²) in [5, 5.41) is 13.1. The smallest absolute Gasteiger partial charge is 0.0687 e. The fourth-order valence-corrected chi connectivity index (χ4v) is 2.75. The van der Waals surface area contributed by atoms with Crippen molar-refractivity contribution in [1.82, 2.24) is 5.32 Å². The van der Waals surface area contributed by atoms with Crippen LogP contribution < -0.4 is 10.2 Å². The van der Waals surface area contributed by atoms with Crippen molar-refractivity contribution in [1.29, 1.82) is 0 Å². The Hall–Kier alpha value is -1.06. The van der Waals surface area contributed by atoms with Gasteiger partial charge in [0.2, 0.25) is 0 Å². The van der Waals surface area contributed by atoms with E-state index in [-0.39, 0.29) is 6.10 Å². The van der Waals surface area contributed by atoms with Gasteiger partial charge >= 0.3 is 0 Å². The first kappa shape index (κ1) is 14.4. The monoisotopic (exact) mass is 262 g/mol. The summed E-state index contributed by atoms with van der Waals surface area (Å²) in [6, 6.07) is 7.16. The molecule has 0 radical (unpaired) electrons. The average molecular weight is 262 g/mol. The normalized spacial score (nSPS) is 17.4. The SMILES string of the molecule is CCCNC(C)c1ccc2c(c1)CCN2CC(C)O. The molecule has 1 aromatic rings. The topological polar surface area (TPSA) is 35.5 Å². The van der Waals surface area contributed by atoms with E-state index in [1.54, 1.807) is 0 Å². The van der Waals surface area contributed by atoms with Gasteiger partial charge in [0.15, 0.2) is 0 Å². The molecule has 1 aromatic carbocycles. The van der Waals surface area contributed by atoms with Crippen LogP contribution in [0.2, 0.25) is 0 Å². The molecule has 0 aromatic heterocycles. The molecule has 2 N–H and O–H groups in total. The molecule has 3 heteroatoms. The summed E-state index contributed by atoms with van der Waals surface area (Å²) in [6.45, 7) is 9.09. The number of nitrogens with zero attached hydrogens (tertiary/aromatic N) is 1. The number of anilines is 1. The summed E-state index contributed by atoms with van der Waals surface area (Å²) in [6.07, 6.45) is 1.99. The number of β-amino-alcohol motifs (C(OH)–C–C–N with tert-alkyl or cyclic N) is 1. The Labute approximate surface area is 116 Å². The zero-order chi connectivity index (χ0) is 13.8. The van der Waals surface area contributed by atoms with Crippen LogP contribution in [0, 0.1) is 0 Å². The Morgan fingerprint density at radius 2 is 2.16 bits per heavy atom. The predicted octanol–water partition coefficient (Wildman–Crippen LogP) is 2.49. The number of hydrogen-bond acceptors (Lipinski definition) is 3. The molecule has 0 amide bonds. The minimum absolute atomic E-state index is 0.268. The van der Waals surface area contributed by atoms with Crippen molar-refractivity contribution in [3.8, 4) is 0 Å². The molecule has 2 atom stereocenters. The number of hydrogen-bond donors (Lipinski definition) is 2. The second kappa shape index (κ2) is 6.40. The van der Waals surface area contributed by atoms with Crippen molar-refractivity contribution in [2.45, 2.75) is 45.8 Å². The molecule has 0 bridgehead atoms. The van der Waals surface area contributed by atoms with Gasteiger partial charge in [-0.15, -0.1) is 0 Å². The maximum Gasteiger partial charge on any atom is 0.0687 e. The van der Waals surface area contributed by atoms with Gasteiger partial charge in [0.25, 0.3) is 0 Å². The molecule has 0 saturated heterocycles. The van der Waals surface area contributed by atoms with E-state index in [1.165, 1.54) is 16.8 Å². The largest absolute Gasteiger partial charge is 0.392 e. The van der Waals surface area contributed by atoms with Crippen LogP contribution in [-0.4, -0.2) is 30.8 Å². The van der Waals surface area contributed by atoms with Crippen molar-refractivity contribution >= 4 is 5.69 Å². The summed E-state index contributed by atoms with van der Waals surface area (Å²) >= 11 is 0. The van der Waals surface area contributed by atoms with Crippen molar-refractivity contribution in [2.75, 3.05) is 24.5 Å². The lowest BCUT2D eigenvalue weighted by Gasteiger charge is -2.21. The number of nitrogens with one attached hydrogen (secondary N) is 1. The third-order valence-corrected chi connectivity index (χ3v) is 3.78. The first-order valence-electron chi connectivity index (χ1n) is 7.41. The molecule has 2 rings (SSSR count). The minimum Gasteiger partial charge on any atom is -0.392 e. The third kappa shape index (κ3) is 3.48. The van der Waals surface area contributed by atoms with E-state index < -0.39 is 0 Å². The third-order valence-electron chi connectivity index (χ3n) is 3.78. The maximum absolute atomic E-state index is 9.53. The molecule has 1 aliphatic rings. The Bertz CT molecular complexity index is 417. The van der Waals surface area contributed by atoms with Crippen LogP contribution >= 0.6 is 0 Å². The van der Waals surface area contributed by atoms with E-state index in [4.69, 9.17) is 0 Å². The number of benzene rings is 1. The highest BCUT2D eigenvalue weighted by Crippen LogP contribution is 2.30. The number of aliphatic hydroxyl groups is 1. The van der Waals surface area contributed by atoms with Crippen LogP contribution in [0.1, 0.15) is 44.4 Å². The molecule has 1 heterocycles. The van der Waals surface area contributed by atoms with E-state index >= 15 is 0 Å². The van der Waals surface area contributed by atoms with Crippen molar-refractivity contribution < 1.29 is 5.11 Å². The zero-order valence-electron chi connectivity index (χ0n) is 12.3. The average Bonchev–Trinajstić information content (AvgIpc) is 2.77. The van der Waals surface area contributed by atoms with Gasteiger partial charge in [-0.1, -0.05) is 19.1 Å². The molecular formula is C16H26N2O. The fourth-order valence-electron chi connectivity index (χ4n) is 2.75. The van der Waals surface area contributed by atoms with E-state index in [0.717, 1.165) is 32.5 Å². The van der Waals surface area contributed by atoms with Crippen LogP contribution in [0.4, 0.5) is 5.69 Å². The van der Waals surface area contributed by atoms with Gasteiger partial charge in [0, 0.05) is 24.8 Å². The molecule has 0 fully saturated rings. The van der Waals surface area contributed by atoms with E-state index in [2.05, 4.69) is 42.3 Å². The zero-order valence-corrected chi connectivity index (χ0v) is 12.3. The number of fused-ring (bicyclic) bond motifs is 1. The molecular weight excluding hydrogens is 236 g/mol. The van der Waals surface area contributed by atoms with Gasteiger partial charge in [-0.25, -0.2) is 0 Å². The number of aliphatic hydroxyl groups excluding tert-OH is 1. The molecule has 0 spiro atoms. The Balaban J connectivity index is 2.08. The lowest BCUT2D eigenvalue weighted by molar-refractivity contribution is 0.200. The number of rotatable bonds is 6. The summed E-state index contributed by atoms with van der Waals surface area (Å²) in [5.41, 5.74) is 4.08. The molecule has 3 nitrogen and oxygen atoms in total. The van der Waals surface area contributed by atoms with Gasteiger partial charge in [0.05, 0.1) is 6.10 Å². The lowest BCUT2D eigenvalue weighted by atomic mass is 10.0. The van der Waals surface area contributed by atoms with Crippen molar-refractivity contribution in [3.63, 3.8) is 0 Å². The van der Waals surface area contributed by atoms with Crippen LogP contribution in [0.25, 0.3) is 0 Å². The Kier molecular flexibility index (Phi) is 4.83. The highest BCUT2D eigenvalue weighted by atomic mass is 16.3. The second-order valence-corrected chi connectivity index (χ2v) is 5.61. The molecule has 106 valence electrons.